The van der Waals surface area contributed by atoms with Crippen LogP contribution in [0, 0.1) is 0 Å². The molecule has 14 heavy (non-hydrogen) atoms. The van der Waals surface area contributed by atoms with E-state index < -0.39 is 0 Å². The molecule has 0 aliphatic carbocycles. The molecule has 2 saturated heterocycles. The van der Waals surface area contributed by atoms with Crippen LogP contribution in [0.4, 0.5) is 0 Å². The zero-order valence-electron chi connectivity index (χ0n) is 8.35. The largest absolute Gasteiger partial charge is 0.393 e. The van der Waals surface area contributed by atoms with E-state index in [1.54, 1.807) is 0 Å². The van der Waals surface area contributed by atoms with Gasteiger partial charge in [0.15, 0.2) is 6.29 Å². The van der Waals surface area contributed by atoms with E-state index in [9.17, 15) is 5.11 Å². The van der Waals surface area contributed by atoms with Crippen molar-refractivity contribution in [2.24, 2.45) is 0 Å². The summed E-state index contributed by atoms with van der Waals surface area (Å²) >= 11 is 0. The lowest BCUT2D eigenvalue weighted by molar-refractivity contribution is -0.221. The highest BCUT2D eigenvalue weighted by atomic mass is 16.7. The first kappa shape index (κ1) is 10.4. The average Bonchev–Trinajstić information content (AvgIpc) is 2.19. The molecule has 3 atom stereocenters. The third kappa shape index (κ3) is 2.92. The smallest absolute Gasteiger partial charge is 0.160 e. The van der Waals surface area contributed by atoms with E-state index in [1.165, 1.54) is 0 Å². The zero-order chi connectivity index (χ0) is 9.80. The summed E-state index contributed by atoms with van der Waals surface area (Å²) in [7, 11) is 0. The first-order chi connectivity index (χ1) is 6.84. The van der Waals surface area contributed by atoms with Gasteiger partial charge in [0.05, 0.1) is 25.4 Å². The van der Waals surface area contributed by atoms with Crippen LogP contribution in [0.5, 0.6) is 0 Å². The van der Waals surface area contributed by atoms with Crippen LogP contribution in [-0.4, -0.2) is 43.4 Å². The first-order valence-electron chi connectivity index (χ1n) is 5.37. The first-order valence-corrected chi connectivity index (χ1v) is 5.37. The highest BCUT2D eigenvalue weighted by Gasteiger charge is 2.25. The number of ether oxygens (including phenoxy) is 3. The summed E-state index contributed by atoms with van der Waals surface area (Å²) in [4.78, 5) is 0. The Balaban J connectivity index is 1.72. The van der Waals surface area contributed by atoms with E-state index in [1.807, 2.05) is 0 Å². The average molecular weight is 202 g/mol. The third-order valence-corrected chi connectivity index (χ3v) is 2.68. The van der Waals surface area contributed by atoms with Gasteiger partial charge in [0.2, 0.25) is 0 Å². The van der Waals surface area contributed by atoms with E-state index in [0.717, 1.165) is 25.9 Å². The predicted molar refractivity (Wildman–Crippen MR) is 49.9 cm³/mol. The highest BCUT2D eigenvalue weighted by molar-refractivity contribution is 4.68. The molecule has 0 bridgehead atoms. The molecule has 0 aromatic heterocycles. The van der Waals surface area contributed by atoms with E-state index in [0.29, 0.717) is 19.6 Å². The predicted octanol–water partition coefficient (Wildman–Crippen LogP) is 0.679. The number of rotatable bonds is 2. The minimum absolute atomic E-state index is 0.152. The molecule has 2 aliphatic heterocycles. The molecule has 4 nitrogen and oxygen atoms in total. The van der Waals surface area contributed by atoms with Crippen LogP contribution in [-0.2, 0) is 14.2 Å². The van der Waals surface area contributed by atoms with Gasteiger partial charge in [-0.25, -0.2) is 0 Å². The third-order valence-electron chi connectivity index (χ3n) is 2.68. The second-order valence-electron chi connectivity index (χ2n) is 3.95. The topological polar surface area (TPSA) is 47.9 Å². The lowest BCUT2D eigenvalue weighted by Crippen LogP contribution is -2.36. The van der Waals surface area contributed by atoms with Crippen LogP contribution in [0.3, 0.4) is 0 Å². The van der Waals surface area contributed by atoms with Crippen molar-refractivity contribution in [3.05, 3.63) is 0 Å². The lowest BCUT2D eigenvalue weighted by Gasteiger charge is -2.31. The van der Waals surface area contributed by atoms with Gasteiger partial charge in [0.1, 0.15) is 0 Å². The minimum atomic E-state index is -0.266. The van der Waals surface area contributed by atoms with Crippen LogP contribution in [0.1, 0.15) is 25.7 Å². The molecule has 0 aromatic carbocycles. The second-order valence-corrected chi connectivity index (χ2v) is 3.95. The maximum Gasteiger partial charge on any atom is 0.160 e. The summed E-state index contributed by atoms with van der Waals surface area (Å²) in [6.07, 6.45) is 3.07. The van der Waals surface area contributed by atoms with Gasteiger partial charge in [0.25, 0.3) is 0 Å². The Morgan fingerprint density at radius 1 is 1.21 bits per heavy atom. The quantitative estimate of drug-likeness (QED) is 0.715. The maximum atomic E-state index is 9.42. The number of aliphatic hydroxyl groups excluding tert-OH is 1. The van der Waals surface area contributed by atoms with Crippen LogP contribution in [0.15, 0.2) is 0 Å². The van der Waals surface area contributed by atoms with E-state index in [-0.39, 0.29) is 18.5 Å². The Morgan fingerprint density at radius 3 is 2.86 bits per heavy atom. The number of aliphatic hydroxyl groups is 1. The van der Waals surface area contributed by atoms with Crippen molar-refractivity contribution in [3.8, 4) is 0 Å². The SMILES string of the molecule is OC1CCOC(OC2CCCOC2)C1. The molecule has 0 saturated carbocycles. The fraction of sp³-hybridized carbons (Fsp3) is 1.00. The fourth-order valence-electron chi connectivity index (χ4n) is 1.87. The van der Waals surface area contributed by atoms with Crippen molar-refractivity contribution in [2.45, 2.75) is 44.2 Å². The van der Waals surface area contributed by atoms with Gasteiger partial charge in [-0.15, -0.1) is 0 Å². The number of hydrogen-bond donors (Lipinski definition) is 1. The maximum absolute atomic E-state index is 9.42. The van der Waals surface area contributed by atoms with Gasteiger partial charge in [-0.2, -0.15) is 0 Å². The van der Waals surface area contributed by atoms with E-state index in [4.69, 9.17) is 14.2 Å². The molecule has 2 fully saturated rings. The molecule has 0 aromatic rings. The van der Waals surface area contributed by atoms with Crippen LogP contribution < -0.4 is 0 Å². The monoisotopic (exact) mass is 202 g/mol. The molecule has 0 radical (unpaired) electrons. The minimum Gasteiger partial charge on any atom is -0.393 e. The van der Waals surface area contributed by atoms with Crippen molar-refractivity contribution in [2.75, 3.05) is 19.8 Å². The second kappa shape index (κ2) is 5.07. The summed E-state index contributed by atoms with van der Waals surface area (Å²) in [6.45, 7) is 2.10. The van der Waals surface area contributed by atoms with Crippen molar-refractivity contribution >= 4 is 0 Å². The highest BCUT2D eigenvalue weighted by Crippen LogP contribution is 2.19. The standard InChI is InChI=1S/C10H18O4/c11-8-3-5-13-10(6-8)14-9-2-1-4-12-7-9/h8-11H,1-7H2. The molecule has 2 heterocycles. The Bertz CT molecular complexity index is 168. The molecular weight excluding hydrogens is 184 g/mol. The molecule has 0 amide bonds. The molecule has 4 heteroatoms. The molecule has 82 valence electrons. The lowest BCUT2D eigenvalue weighted by atomic mass is 10.1. The van der Waals surface area contributed by atoms with Crippen LogP contribution in [0.25, 0.3) is 0 Å². The number of hydrogen-bond acceptors (Lipinski definition) is 4. The Kier molecular flexibility index (Phi) is 3.75. The van der Waals surface area contributed by atoms with Gasteiger partial charge < -0.3 is 19.3 Å². The fourth-order valence-corrected chi connectivity index (χ4v) is 1.87. The zero-order valence-corrected chi connectivity index (χ0v) is 8.35. The summed E-state index contributed by atoms with van der Waals surface area (Å²) in [5, 5.41) is 9.42. The van der Waals surface area contributed by atoms with Crippen LogP contribution >= 0.6 is 0 Å². The summed E-state index contributed by atoms with van der Waals surface area (Å²) in [5.74, 6) is 0. The van der Waals surface area contributed by atoms with E-state index >= 15 is 0 Å². The molecule has 2 aliphatic rings. The van der Waals surface area contributed by atoms with Gasteiger partial charge in [-0.3, -0.25) is 0 Å². The van der Waals surface area contributed by atoms with Gasteiger partial charge in [0, 0.05) is 13.0 Å². The summed E-state index contributed by atoms with van der Waals surface area (Å²) < 4.78 is 16.4. The van der Waals surface area contributed by atoms with Crippen molar-refractivity contribution in [1.82, 2.24) is 0 Å². The van der Waals surface area contributed by atoms with Gasteiger partial charge in [-0.1, -0.05) is 0 Å². The Labute approximate surface area is 84.1 Å². The molecule has 1 N–H and O–H groups in total. The van der Waals surface area contributed by atoms with E-state index in [2.05, 4.69) is 0 Å². The summed E-state index contributed by atoms with van der Waals surface area (Å²) in [5.41, 5.74) is 0. The molecule has 0 spiro atoms. The van der Waals surface area contributed by atoms with Gasteiger partial charge >= 0.3 is 0 Å². The Morgan fingerprint density at radius 2 is 2.14 bits per heavy atom. The molecule has 2 rings (SSSR count). The van der Waals surface area contributed by atoms with Crippen molar-refractivity contribution < 1.29 is 19.3 Å². The molecule has 3 unspecified atom stereocenters. The molecular formula is C10H18O4. The summed E-state index contributed by atoms with van der Waals surface area (Å²) in [6, 6.07) is 0. The van der Waals surface area contributed by atoms with Gasteiger partial charge in [-0.05, 0) is 19.3 Å². The van der Waals surface area contributed by atoms with Crippen molar-refractivity contribution in [1.29, 1.82) is 0 Å². The van der Waals surface area contributed by atoms with Crippen LogP contribution in [0.2, 0.25) is 0 Å². The Hall–Kier alpha value is -0.160. The van der Waals surface area contributed by atoms with Crippen molar-refractivity contribution in [3.63, 3.8) is 0 Å². The normalized spacial score (nSPS) is 39.6.